The van der Waals surface area contributed by atoms with Crippen LogP contribution in [0.5, 0.6) is 0 Å². The minimum absolute atomic E-state index is 0.0828. The van der Waals surface area contributed by atoms with E-state index in [-0.39, 0.29) is 12.1 Å². The van der Waals surface area contributed by atoms with Crippen LogP contribution in [-0.2, 0) is 6.54 Å². The van der Waals surface area contributed by atoms with Gasteiger partial charge in [-0.2, -0.15) is 0 Å². The fourth-order valence-electron chi connectivity index (χ4n) is 1.64. The molecule has 0 spiro atoms. The monoisotopic (exact) mass is 359 g/mol. The molecule has 0 unspecified atom stereocenters. The van der Waals surface area contributed by atoms with E-state index in [0.29, 0.717) is 15.1 Å². The lowest BCUT2D eigenvalue weighted by Gasteiger charge is -2.07. The van der Waals surface area contributed by atoms with Gasteiger partial charge in [-0.25, -0.2) is 8.78 Å². The Morgan fingerprint density at radius 2 is 1.95 bits per heavy atom. The fraction of sp³-hybridized carbons (Fsp3) is 0.0714. The number of hydrogen-bond donors (Lipinski definition) is 1. The summed E-state index contributed by atoms with van der Waals surface area (Å²) < 4.78 is 27.1. The predicted octanol–water partition coefficient (Wildman–Crippen LogP) is 4.31. The van der Waals surface area contributed by atoms with Crippen molar-refractivity contribution in [3.05, 3.63) is 68.7 Å². The van der Waals surface area contributed by atoms with Crippen molar-refractivity contribution in [2.24, 2.45) is 0 Å². The Morgan fingerprint density at radius 3 is 2.65 bits per heavy atom. The van der Waals surface area contributed by atoms with Gasteiger partial charge in [0.05, 0.1) is 0 Å². The Hall–Kier alpha value is -1.46. The summed E-state index contributed by atoms with van der Waals surface area (Å²) in [5, 5.41) is 2.92. The highest BCUT2D eigenvalue weighted by atomic mass is 79.9. The molecular formula is C14H9BrClF2NO. The van der Waals surface area contributed by atoms with E-state index >= 15 is 0 Å². The van der Waals surface area contributed by atoms with Crippen LogP contribution in [0.25, 0.3) is 0 Å². The summed E-state index contributed by atoms with van der Waals surface area (Å²) in [7, 11) is 0. The third-order valence-electron chi connectivity index (χ3n) is 2.57. The summed E-state index contributed by atoms with van der Waals surface area (Å²) >= 11 is 9.06. The molecule has 104 valence electrons. The van der Waals surface area contributed by atoms with Crippen molar-refractivity contribution in [2.45, 2.75) is 6.54 Å². The molecule has 2 nitrogen and oxygen atoms in total. The molecule has 6 heteroatoms. The summed E-state index contributed by atoms with van der Waals surface area (Å²) in [4.78, 5) is 11.9. The van der Waals surface area contributed by atoms with Crippen LogP contribution in [0.15, 0.2) is 40.9 Å². The lowest BCUT2D eigenvalue weighted by molar-refractivity contribution is 0.0950. The van der Waals surface area contributed by atoms with Gasteiger partial charge in [0.2, 0.25) is 0 Å². The van der Waals surface area contributed by atoms with E-state index in [1.165, 1.54) is 6.07 Å². The van der Waals surface area contributed by atoms with E-state index in [2.05, 4.69) is 21.2 Å². The summed E-state index contributed by atoms with van der Waals surface area (Å²) in [6, 6.07) is 7.81. The molecule has 0 aliphatic heterocycles. The van der Waals surface area contributed by atoms with Gasteiger partial charge in [0.15, 0.2) is 0 Å². The number of nitrogens with one attached hydrogen (secondary N) is 1. The number of carbonyl (C=O) groups excluding carboxylic acids is 1. The normalized spacial score (nSPS) is 10.4. The minimum Gasteiger partial charge on any atom is -0.348 e. The average Bonchev–Trinajstić information content (AvgIpc) is 2.38. The highest BCUT2D eigenvalue weighted by molar-refractivity contribution is 9.10. The molecule has 20 heavy (non-hydrogen) atoms. The lowest BCUT2D eigenvalue weighted by atomic mass is 10.2. The van der Waals surface area contributed by atoms with Gasteiger partial charge in [-0.1, -0.05) is 27.5 Å². The van der Waals surface area contributed by atoms with Gasteiger partial charge >= 0.3 is 0 Å². The molecule has 0 saturated carbocycles. The third kappa shape index (κ3) is 3.77. The molecule has 1 amide bonds. The van der Waals surface area contributed by atoms with Gasteiger partial charge in [0.25, 0.3) is 5.91 Å². The molecule has 0 aliphatic rings. The zero-order valence-corrected chi connectivity index (χ0v) is 12.4. The summed E-state index contributed by atoms with van der Waals surface area (Å²) in [5.74, 6) is -1.54. The van der Waals surface area contributed by atoms with Gasteiger partial charge in [0, 0.05) is 27.2 Å². The van der Waals surface area contributed by atoms with Crippen LogP contribution in [0, 0.1) is 11.6 Å². The molecule has 1 N–H and O–H groups in total. The van der Waals surface area contributed by atoms with Crippen molar-refractivity contribution in [1.82, 2.24) is 5.32 Å². The summed E-state index contributed by atoms with van der Waals surface area (Å²) in [6.07, 6.45) is 0. The fourth-order valence-corrected chi connectivity index (χ4v) is 2.50. The maximum absolute atomic E-state index is 13.4. The van der Waals surface area contributed by atoms with E-state index in [1.807, 2.05) is 0 Å². The Bertz CT molecular complexity index is 643. The number of halogens is 4. The number of rotatable bonds is 3. The second-order valence-corrected chi connectivity index (χ2v) is 5.43. The topological polar surface area (TPSA) is 29.1 Å². The third-order valence-corrected chi connectivity index (χ3v) is 3.25. The molecule has 0 aromatic heterocycles. The molecule has 0 radical (unpaired) electrons. The van der Waals surface area contributed by atoms with Crippen molar-refractivity contribution in [1.29, 1.82) is 0 Å². The Labute approximate surface area is 127 Å². The van der Waals surface area contributed by atoms with Crippen LogP contribution in [0.4, 0.5) is 8.78 Å². The van der Waals surface area contributed by atoms with Gasteiger partial charge in [0.1, 0.15) is 11.6 Å². The second-order valence-electron chi connectivity index (χ2n) is 4.08. The van der Waals surface area contributed by atoms with Crippen LogP contribution >= 0.6 is 27.5 Å². The first kappa shape index (κ1) is 14.9. The lowest BCUT2D eigenvalue weighted by Crippen LogP contribution is -2.23. The zero-order valence-electron chi connectivity index (χ0n) is 10.1. The van der Waals surface area contributed by atoms with E-state index in [1.54, 1.807) is 12.1 Å². The van der Waals surface area contributed by atoms with Crippen molar-refractivity contribution in [3.63, 3.8) is 0 Å². The number of amides is 1. The summed E-state index contributed by atoms with van der Waals surface area (Å²) in [5.41, 5.74) is 0.417. The standard InChI is InChI=1S/C14H9BrClF2NO/c15-10-3-8(4-11(16)6-10)14(20)19-7-9-5-12(17)1-2-13(9)18/h1-6H,7H2,(H,19,20). The van der Waals surface area contributed by atoms with Crippen molar-refractivity contribution >= 4 is 33.4 Å². The van der Waals surface area contributed by atoms with Gasteiger partial charge in [-0.3, -0.25) is 4.79 Å². The highest BCUT2D eigenvalue weighted by Crippen LogP contribution is 2.19. The number of benzene rings is 2. The Morgan fingerprint density at radius 1 is 1.20 bits per heavy atom. The van der Waals surface area contributed by atoms with Crippen LogP contribution in [0.3, 0.4) is 0 Å². The van der Waals surface area contributed by atoms with Gasteiger partial charge in [-0.15, -0.1) is 0 Å². The predicted molar refractivity (Wildman–Crippen MR) is 76.7 cm³/mol. The molecule has 0 aliphatic carbocycles. The molecular weight excluding hydrogens is 352 g/mol. The molecule has 0 heterocycles. The second kappa shape index (κ2) is 6.33. The molecule has 2 aromatic rings. The van der Waals surface area contributed by atoms with Crippen molar-refractivity contribution in [2.75, 3.05) is 0 Å². The molecule has 2 rings (SSSR count). The SMILES string of the molecule is O=C(NCc1cc(F)ccc1F)c1cc(Cl)cc(Br)c1. The first-order valence-corrected chi connectivity index (χ1v) is 6.81. The minimum atomic E-state index is -0.570. The van der Waals surface area contributed by atoms with E-state index < -0.39 is 17.5 Å². The first-order valence-electron chi connectivity index (χ1n) is 5.64. The molecule has 0 fully saturated rings. The maximum atomic E-state index is 13.4. The van der Waals surface area contributed by atoms with Crippen LogP contribution < -0.4 is 5.32 Å². The summed E-state index contributed by atoms with van der Waals surface area (Å²) in [6.45, 7) is -0.105. The average molecular weight is 361 g/mol. The van der Waals surface area contributed by atoms with Gasteiger partial charge < -0.3 is 5.32 Å². The molecule has 0 atom stereocenters. The van der Waals surface area contributed by atoms with Crippen LogP contribution in [-0.4, -0.2) is 5.91 Å². The van der Waals surface area contributed by atoms with Crippen LogP contribution in [0.1, 0.15) is 15.9 Å². The zero-order chi connectivity index (χ0) is 14.7. The highest BCUT2D eigenvalue weighted by Gasteiger charge is 2.09. The molecule has 0 bridgehead atoms. The Kier molecular flexibility index (Phi) is 4.73. The number of carbonyl (C=O) groups is 1. The van der Waals surface area contributed by atoms with Crippen molar-refractivity contribution < 1.29 is 13.6 Å². The largest absolute Gasteiger partial charge is 0.348 e. The maximum Gasteiger partial charge on any atom is 0.251 e. The molecule has 2 aromatic carbocycles. The van der Waals surface area contributed by atoms with Crippen LogP contribution in [0.2, 0.25) is 5.02 Å². The smallest absolute Gasteiger partial charge is 0.251 e. The Balaban J connectivity index is 2.10. The van der Waals surface area contributed by atoms with Gasteiger partial charge in [-0.05, 0) is 36.4 Å². The first-order chi connectivity index (χ1) is 9.45. The van der Waals surface area contributed by atoms with E-state index in [0.717, 1.165) is 18.2 Å². The molecule has 0 saturated heterocycles. The van der Waals surface area contributed by atoms with E-state index in [4.69, 9.17) is 11.6 Å². The number of hydrogen-bond acceptors (Lipinski definition) is 1. The quantitative estimate of drug-likeness (QED) is 0.868. The van der Waals surface area contributed by atoms with E-state index in [9.17, 15) is 13.6 Å². The van der Waals surface area contributed by atoms with Crippen molar-refractivity contribution in [3.8, 4) is 0 Å².